The summed E-state index contributed by atoms with van der Waals surface area (Å²) >= 11 is 0. The normalized spacial score (nSPS) is 19.1. The highest BCUT2D eigenvalue weighted by Crippen LogP contribution is 2.31. The van der Waals surface area contributed by atoms with E-state index in [1.165, 1.54) is 24.8 Å². The highest BCUT2D eigenvalue weighted by Gasteiger charge is 2.29. The summed E-state index contributed by atoms with van der Waals surface area (Å²) in [6, 6.07) is 6.32. The van der Waals surface area contributed by atoms with Crippen LogP contribution in [-0.4, -0.2) is 41.1 Å². The minimum Gasteiger partial charge on any atom is -0.356 e. The third-order valence-electron chi connectivity index (χ3n) is 4.68. The first-order valence-electron chi connectivity index (χ1n) is 8.12. The Balaban J connectivity index is 1.44. The second kappa shape index (κ2) is 5.91. The summed E-state index contributed by atoms with van der Waals surface area (Å²) in [5, 5.41) is 0. The molecule has 5 heteroatoms. The molecular formula is C17H21N5. The van der Waals surface area contributed by atoms with Crippen LogP contribution in [0.3, 0.4) is 0 Å². The fraction of sp³-hybridized carbons (Fsp3) is 0.471. The van der Waals surface area contributed by atoms with Gasteiger partial charge in [0.1, 0.15) is 18.0 Å². The van der Waals surface area contributed by atoms with Gasteiger partial charge >= 0.3 is 0 Å². The van der Waals surface area contributed by atoms with Crippen molar-refractivity contribution in [2.75, 3.05) is 36.0 Å². The summed E-state index contributed by atoms with van der Waals surface area (Å²) < 4.78 is 0. The van der Waals surface area contributed by atoms with E-state index in [0.717, 1.165) is 37.8 Å². The summed E-state index contributed by atoms with van der Waals surface area (Å²) in [4.78, 5) is 17.8. The van der Waals surface area contributed by atoms with E-state index in [-0.39, 0.29) is 0 Å². The van der Waals surface area contributed by atoms with Gasteiger partial charge in [-0.1, -0.05) is 6.07 Å². The third-order valence-corrected chi connectivity index (χ3v) is 4.68. The fourth-order valence-corrected chi connectivity index (χ4v) is 3.30. The zero-order valence-electron chi connectivity index (χ0n) is 12.7. The second-order valence-corrected chi connectivity index (χ2v) is 6.17. The van der Waals surface area contributed by atoms with E-state index in [2.05, 4.69) is 36.9 Å². The van der Waals surface area contributed by atoms with Crippen LogP contribution in [0.25, 0.3) is 0 Å². The molecule has 2 aliphatic heterocycles. The largest absolute Gasteiger partial charge is 0.356 e. The highest BCUT2D eigenvalue weighted by molar-refractivity contribution is 5.52. The molecule has 22 heavy (non-hydrogen) atoms. The quantitative estimate of drug-likeness (QED) is 0.870. The number of piperidine rings is 1. The van der Waals surface area contributed by atoms with Gasteiger partial charge < -0.3 is 9.80 Å². The first kappa shape index (κ1) is 13.5. The highest BCUT2D eigenvalue weighted by atomic mass is 15.3. The Bertz CT molecular complexity index is 618. The molecule has 0 spiro atoms. The van der Waals surface area contributed by atoms with Gasteiger partial charge in [0, 0.05) is 50.6 Å². The van der Waals surface area contributed by atoms with Gasteiger partial charge in [-0.2, -0.15) is 0 Å². The average Bonchev–Trinajstić information content (AvgIpc) is 2.56. The predicted octanol–water partition coefficient (Wildman–Crippen LogP) is 2.47. The van der Waals surface area contributed by atoms with Crippen LogP contribution in [-0.2, 0) is 0 Å². The molecule has 114 valence electrons. The Morgan fingerprint density at radius 2 is 1.73 bits per heavy atom. The third kappa shape index (κ3) is 2.63. The molecule has 2 aromatic rings. The molecule has 0 aromatic carbocycles. The van der Waals surface area contributed by atoms with Gasteiger partial charge in [-0.15, -0.1) is 0 Å². The topological polar surface area (TPSA) is 45.2 Å². The van der Waals surface area contributed by atoms with Crippen LogP contribution in [0.1, 0.15) is 30.7 Å². The molecular weight excluding hydrogens is 274 g/mol. The van der Waals surface area contributed by atoms with Crippen LogP contribution in [0.5, 0.6) is 0 Å². The fourth-order valence-electron chi connectivity index (χ4n) is 3.30. The number of hydrogen-bond acceptors (Lipinski definition) is 5. The van der Waals surface area contributed by atoms with E-state index < -0.39 is 0 Å². The van der Waals surface area contributed by atoms with E-state index >= 15 is 0 Å². The SMILES string of the molecule is c1cncc(C2CN(c3cc(N4CCCCC4)ncn3)C2)c1. The maximum atomic E-state index is 4.46. The van der Waals surface area contributed by atoms with Crippen molar-refractivity contribution in [3.8, 4) is 0 Å². The minimum atomic E-state index is 0.571. The van der Waals surface area contributed by atoms with Crippen molar-refractivity contribution >= 4 is 11.6 Å². The summed E-state index contributed by atoms with van der Waals surface area (Å²) in [7, 11) is 0. The van der Waals surface area contributed by atoms with Crippen molar-refractivity contribution in [2.45, 2.75) is 25.2 Å². The Morgan fingerprint density at radius 3 is 2.45 bits per heavy atom. The van der Waals surface area contributed by atoms with Crippen molar-refractivity contribution in [2.24, 2.45) is 0 Å². The number of rotatable bonds is 3. The van der Waals surface area contributed by atoms with E-state index in [4.69, 9.17) is 0 Å². The average molecular weight is 295 g/mol. The van der Waals surface area contributed by atoms with Crippen molar-refractivity contribution in [1.29, 1.82) is 0 Å². The van der Waals surface area contributed by atoms with Crippen LogP contribution >= 0.6 is 0 Å². The first-order chi connectivity index (χ1) is 10.9. The van der Waals surface area contributed by atoms with Crippen LogP contribution in [0.15, 0.2) is 36.9 Å². The molecule has 2 fully saturated rings. The Morgan fingerprint density at radius 1 is 0.955 bits per heavy atom. The van der Waals surface area contributed by atoms with Crippen molar-refractivity contribution < 1.29 is 0 Å². The van der Waals surface area contributed by atoms with Crippen LogP contribution in [0.4, 0.5) is 11.6 Å². The van der Waals surface area contributed by atoms with Gasteiger partial charge in [0.05, 0.1) is 0 Å². The van der Waals surface area contributed by atoms with Gasteiger partial charge in [0.25, 0.3) is 0 Å². The predicted molar refractivity (Wildman–Crippen MR) is 87.3 cm³/mol. The number of pyridine rings is 1. The Hall–Kier alpha value is -2.17. The molecule has 0 amide bonds. The number of aromatic nitrogens is 3. The van der Waals surface area contributed by atoms with E-state index in [0.29, 0.717) is 5.92 Å². The van der Waals surface area contributed by atoms with Gasteiger partial charge in [-0.05, 0) is 30.9 Å². The lowest BCUT2D eigenvalue weighted by molar-refractivity contribution is 0.517. The summed E-state index contributed by atoms with van der Waals surface area (Å²) in [6.45, 7) is 4.27. The van der Waals surface area contributed by atoms with Crippen LogP contribution in [0, 0.1) is 0 Å². The molecule has 4 rings (SSSR count). The maximum Gasteiger partial charge on any atom is 0.134 e. The lowest BCUT2D eigenvalue weighted by Crippen LogP contribution is -2.45. The molecule has 0 bridgehead atoms. The standard InChI is InChI=1S/C17H21N5/c1-2-7-21(8-3-1)16-9-17(20-13-19-16)22-11-15(12-22)14-5-4-6-18-10-14/h4-6,9-10,13,15H,1-3,7-8,11-12H2. The van der Waals surface area contributed by atoms with Crippen LogP contribution in [0.2, 0.25) is 0 Å². The smallest absolute Gasteiger partial charge is 0.134 e. The summed E-state index contributed by atoms with van der Waals surface area (Å²) in [6.07, 6.45) is 9.39. The van der Waals surface area contributed by atoms with Crippen molar-refractivity contribution in [1.82, 2.24) is 15.0 Å². The molecule has 0 aliphatic carbocycles. The number of nitrogens with zero attached hydrogens (tertiary/aromatic N) is 5. The van der Waals surface area contributed by atoms with Crippen LogP contribution < -0.4 is 9.80 Å². The first-order valence-corrected chi connectivity index (χ1v) is 8.12. The lowest BCUT2D eigenvalue weighted by Gasteiger charge is -2.40. The summed E-state index contributed by atoms with van der Waals surface area (Å²) in [5.41, 5.74) is 1.32. The Kier molecular flexibility index (Phi) is 3.62. The van der Waals surface area contributed by atoms with Gasteiger partial charge in [-0.3, -0.25) is 4.98 Å². The maximum absolute atomic E-state index is 4.46. The van der Waals surface area contributed by atoms with E-state index in [1.54, 1.807) is 6.33 Å². The lowest BCUT2D eigenvalue weighted by atomic mass is 9.93. The second-order valence-electron chi connectivity index (χ2n) is 6.17. The molecule has 0 atom stereocenters. The molecule has 0 saturated carbocycles. The molecule has 0 radical (unpaired) electrons. The summed E-state index contributed by atoms with van der Waals surface area (Å²) in [5.74, 6) is 2.70. The monoisotopic (exact) mass is 295 g/mol. The molecule has 2 saturated heterocycles. The van der Waals surface area contributed by atoms with E-state index in [1.807, 2.05) is 18.5 Å². The molecule has 0 N–H and O–H groups in total. The Labute approximate surface area is 131 Å². The zero-order valence-corrected chi connectivity index (χ0v) is 12.7. The van der Waals surface area contributed by atoms with Gasteiger partial charge in [0.2, 0.25) is 0 Å². The zero-order chi connectivity index (χ0) is 14.8. The minimum absolute atomic E-state index is 0.571. The number of hydrogen-bond donors (Lipinski definition) is 0. The molecule has 2 aliphatic rings. The van der Waals surface area contributed by atoms with E-state index in [9.17, 15) is 0 Å². The van der Waals surface area contributed by atoms with Crippen molar-refractivity contribution in [3.63, 3.8) is 0 Å². The number of anilines is 2. The van der Waals surface area contributed by atoms with Gasteiger partial charge in [0.15, 0.2) is 0 Å². The van der Waals surface area contributed by atoms with Crippen molar-refractivity contribution in [3.05, 3.63) is 42.5 Å². The molecule has 0 unspecified atom stereocenters. The molecule has 5 nitrogen and oxygen atoms in total. The molecule has 2 aromatic heterocycles. The molecule has 4 heterocycles. The van der Waals surface area contributed by atoms with Gasteiger partial charge in [-0.25, -0.2) is 9.97 Å².